The van der Waals surface area contributed by atoms with Crippen molar-refractivity contribution >= 4 is 15.8 Å². The van der Waals surface area contributed by atoms with Crippen molar-refractivity contribution in [2.24, 2.45) is 0 Å². The van der Waals surface area contributed by atoms with Crippen molar-refractivity contribution in [2.45, 2.75) is 31.9 Å². The first-order valence-electron chi connectivity index (χ1n) is 7.52. The van der Waals surface area contributed by atoms with Crippen LogP contribution in [0.5, 0.6) is 5.75 Å². The Labute approximate surface area is 136 Å². The predicted molar refractivity (Wildman–Crippen MR) is 90.1 cm³/mol. The smallest absolute Gasteiger partial charge is 0.286 e. The Bertz CT molecular complexity index is 805. The van der Waals surface area contributed by atoms with Crippen molar-refractivity contribution in [3.05, 3.63) is 48.5 Å². The molecule has 0 fully saturated rings. The van der Waals surface area contributed by atoms with Crippen molar-refractivity contribution < 1.29 is 17.7 Å². The molecule has 1 N–H and O–H groups in total. The molecule has 6 heteroatoms. The molecule has 1 heterocycles. The molecule has 23 heavy (non-hydrogen) atoms. The van der Waals surface area contributed by atoms with E-state index in [0.29, 0.717) is 11.4 Å². The molecule has 0 aromatic heterocycles. The fourth-order valence-corrected chi connectivity index (χ4v) is 4.00. The molecule has 0 radical (unpaired) electrons. The van der Waals surface area contributed by atoms with Crippen LogP contribution in [0.25, 0.3) is 11.1 Å². The van der Waals surface area contributed by atoms with Gasteiger partial charge in [0.1, 0.15) is 5.75 Å². The Kier molecular flexibility index (Phi) is 4.04. The third-order valence-electron chi connectivity index (χ3n) is 4.04. The number of hydrogen-bond acceptors (Lipinski definition) is 4. The summed E-state index contributed by atoms with van der Waals surface area (Å²) in [4.78, 5) is 1.62. The molecule has 0 bridgehead atoms. The monoisotopic (exact) mass is 333 g/mol. The van der Waals surface area contributed by atoms with Crippen LogP contribution in [0.4, 0.5) is 5.69 Å². The van der Waals surface area contributed by atoms with Gasteiger partial charge in [-0.2, -0.15) is 8.42 Å². The molecule has 1 aliphatic heterocycles. The van der Waals surface area contributed by atoms with Crippen molar-refractivity contribution in [1.82, 2.24) is 0 Å². The van der Waals surface area contributed by atoms with Gasteiger partial charge in [0, 0.05) is 0 Å². The number of benzene rings is 2. The quantitative estimate of drug-likeness (QED) is 0.867. The minimum Gasteiger partial charge on any atom is -0.469 e. The van der Waals surface area contributed by atoms with Gasteiger partial charge in [-0.15, -0.1) is 0 Å². The number of hydrogen-bond donors (Lipinski definition) is 1. The Hall–Kier alpha value is -2.05. The first-order chi connectivity index (χ1) is 10.9. The molecule has 2 aromatic rings. The van der Waals surface area contributed by atoms with Crippen molar-refractivity contribution in [3.63, 3.8) is 0 Å². The maximum Gasteiger partial charge on any atom is 0.286 e. The lowest BCUT2D eigenvalue weighted by molar-refractivity contribution is 0.238. The summed E-state index contributed by atoms with van der Waals surface area (Å²) < 4.78 is 38.7. The fraction of sp³-hybridized carbons (Fsp3) is 0.294. The van der Waals surface area contributed by atoms with Crippen molar-refractivity contribution in [3.8, 4) is 16.9 Å². The van der Waals surface area contributed by atoms with Gasteiger partial charge in [0.25, 0.3) is 10.1 Å². The molecule has 0 saturated heterocycles. The SMILES string of the molecule is CCC(N1c2cc(-c3ccccc3)ccc2OC1C)S(=O)(=O)O. The van der Waals surface area contributed by atoms with Gasteiger partial charge >= 0.3 is 0 Å². The first-order valence-corrected chi connectivity index (χ1v) is 9.03. The largest absolute Gasteiger partial charge is 0.469 e. The second kappa shape index (κ2) is 5.86. The normalized spacial score (nSPS) is 18.4. The summed E-state index contributed by atoms with van der Waals surface area (Å²) in [6.45, 7) is 3.50. The highest BCUT2D eigenvalue weighted by atomic mass is 32.2. The van der Waals surface area contributed by atoms with Crippen molar-refractivity contribution in [1.29, 1.82) is 0 Å². The van der Waals surface area contributed by atoms with Crippen LogP contribution >= 0.6 is 0 Å². The summed E-state index contributed by atoms with van der Waals surface area (Å²) >= 11 is 0. The molecule has 0 spiro atoms. The van der Waals surface area contributed by atoms with Crippen LogP contribution in [0, 0.1) is 0 Å². The van der Waals surface area contributed by atoms with Gasteiger partial charge in [0.15, 0.2) is 11.6 Å². The van der Waals surface area contributed by atoms with Crippen LogP contribution in [-0.2, 0) is 10.1 Å². The molecule has 122 valence electrons. The summed E-state index contributed by atoms with van der Waals surface area (Å²) in [5.41, 5.74) is 2.69. The van der Waals surface area contributed by atoms with E-state index in [1.165, 1.54) is 0 Å². The van der Waals surface area contributed by atoms with Crippen LogP contribution in [0.3, 0.4) is 0 Å². The maximum atomic E-state index is 11.7. The van der Waals surface area contributed by atoms with Crippen LogP contribution < -0.4 is 9.64 Å². The Morgan fingerprint density at radius 1 is 1.17 bits per heavy atom. The number of rotatable bonds is 4. The molecular weight excluding hydrogens is 314 g/mol. The van der Waals surface area contributed by atoms with E-state index in [1.807, 2.05) is 48.5 Å². The minimum atomic E-state index is -4.21. The molecule has 2 aromatic carbocycles. The Balaban J connectivity index is 2.08. The fourth-order valence-electron chi connectivity index (χ4n) is 3.01. The van der Waals surface area contributed by atoms with Crippen LogP contribution in [-0.4, -0.2) is 24.6 Å². The number of fused-ring (bicyclic) bond motifs is 1. The summed E-state index contributed by atoms with van der Waals surface area (Å²) in [5, 5.41) is -1.02. The van der Waals surface area contributed by atoms with Gasteiger partial charge in [0.2, 0.25) is 0 Å². The highest BCUT2D eigenvalue weighted by Gasteiger charge is 2.38. The highest BCUT2D eigenvalue weighted by Crippen LogP contribution is 2.42. The molecule has 2 atom stereocenters. The lowest BCUT2D eigenvalue weighted by atomic mass is 10.0. The number of ether oxygens (including phenoxy) is 1. The van der Waals surface area contributed by atoms with Gasteiger partial charge in [0.05, 0.1) is 5.69 Å². The number of nitrogens with zero attached hydrogens (tertiary/aromatic N) is 1. The topological polar surface area (TPSA) is 66.8 Å². The lowest BCUT2D eigenvalue weighted by Gasteiger charge is -2.29. The van der Waals surface area contributed by atoms with E-state index in [-0.39, 0.29) is 6.42 Å². The molecule has 0 amide bonds. The average molecular weight is 333 g/mol. The zero-order chi connectivity index (χ0) is 16.6. The van der Waals surface area contributed by atoms with Gasteiger partial charge in [-0.3, -0.25) is 4.55 Å². The molecule has 5 nitrogen and oxygen atoms in total. The third kappa shape index (κ3) is 2.92. The molecule has 1 aliphatic rings. The van der Waals surface area contributed by atoms with Crippen LogP contribution in [0.1, 0.15) is 20.3 Å². The maximum absolute atomic E-state index is 11.7. The molecular formula is C17H19NO4S. The summed E-state index contributed by atoms with van der Waals surface area (Å²) in [6.07, 6.45) is -0.190. The van der Waals surface area contributed by atoms with E-state index in [1.54, 1.807) is 18.7 Å². The number of anilines is 1. The van der Waals surface area contributed by atoms with E-state index >= 15 is 0 Å². The zero-order valence-corrected chi connectivity index (χ0v) is 13.8. The zero-order valence-electron chi connectivity index (χ0n) is 13.0. The molecule has 3 rings (SSSR count). The predicted octanol–water partition coefficient (Wildman–Crippen LogP) is 3.52. The third-order valence-corrected chi connectivity index (χ3v) is 5.28. The van der Waals surface area contributed by atoms with Gasteiger partial charge in [-0.1, -0.05) is 43.3 Å². The Morgan fingerprint density at radius 3 is 2.48 bits per heavy atom. The lowest BCUT2D eigenvalue weighted by Crippen LogP contribution is -2.45. The van der Waals surface area contributed by atoms with Crippen molar-refractivity contribution in [2.75, 3.05) is 4.90 Å². The van der Waals surface area contributed by atoms with E-state index in [2.05, 4.69) is 0 Å². The van der Waals surface area contributed by atoms with E-state index in [4.69, 9.17) is 4.74 Å². The van der Waals surface area contributed by atoms with Gasteiger partial charge in [-0.05, 0) is 36.6 Å². The first kappa shape index (κ1) is 15.8. The summed E-state index contributed by atoms with van der Waals surface area (Å²) in [5.74, 6) is 0.624. The second-order valence-electron chi connectivity index (χ2n) is 5.55. The average Bonchev–Trinajstić information content (AvgIpc) is 2.83. The molecule has 2 unspecified atom stereocenters. The summed E-state index contributed by atoms with van der Waals surface area (Å²) in [6, 6.07) is 15.5. The van der Waals surface area contributed by atoms with Crippen LogP contribution in [0.2, 0.25) is 0 Å². The van der Waals surface area contributed by atoms with Gasteiger partial charge < -0.3 is 9.64 Å². The van der Waals surface area contributed by atoms with Crippen LogP contribution in [0.15, 0.2) is 48.5 Å². The van der Waals surface area contributed by atoms with E-state index in [0.717, 1.165) is 11.1 Å². The molecule has 0 saturated carbocycles. The van der Waals surface area contributed by atoms with E-state index < -0.39 is 21.7 Å². The highest BCUT2D eigenvalue weighted by molar-refractivity contribution is 7.86. The molecule has 0 aliphatic carbocycles. The second-order valence-corrected chi connectivity index (χ2v) is 7.12. The summed E-state index contributed by atoms with van der Waals surface area (Å²) in [7, 11) is -4.21. The van der Waals surface area contributed by atoms with E-state index in [9.17, 15) is 13.0 Å². The standard InChI is InChI=1S/C17H19NO4S/c1-3-17(23(19,20)21)18-12(2)22-16-10-9-14(11-15(16)18)13-7-5-4-6-8-13/h4-12,17H,3H2,1-2H3,(H,19,20,21). The minimum absolute atomic E-state index is 0.265. The Morgan fingerprint density at radius 2 is 1.87 bits per heavy atom. The van der Waals surface area contributed by atoms with Gasteiger partial charge in [-0.25, -0.2) is 0 Å².